The van der Waals surface area contributed by atoms with E-state index in [0.717, 1.165) is 37.3 Å². The molecule has 2 bridgehead atoms. The number of nitrogens with one attached hydrogen (secondary N) is 2. The number of hydrogen-bond donors (Lipinski definition) is 2. The Morgan fingerprint density at radius 1 is 0.980 bits per heavy atom. The number of halogens is 3. The number of piperidine rings is 1. The number of Topliss-reactive ketones (excluding diaryl/α,β-unsaturated/α-hetero) is 1. The maximum absolute atomic E-state index is 14.4. The Morgan fingerprint density at radius 3 is 2.45 bits per heavy atom. The summed E-state index contributed by atoms with van der Waals surface area (Å²) in [6.45, 7) is 3.44. The molecule has 2 saturated heterocycles. The molecule has 5 heterocycles. The quantitative estimate of drug-likeness (QED) is 0.374. The number of amides is 4. The van der Waals surface area contributed by atoms with Gasteiger partial charge in [-0.25, -0.2) is 4.98 Å². The number of nitrogens with zero attached hydrogens (tertiary/aromatic N) is 5. The maximum Gasteiger partial charge on any atom is 0.433 e. The smallest absolute Gasteiger partial charge is 0.355 e. The van der Waals surface area contributed by atoms with Crippen molar-refractivity contribution in [2.45, 2.75) is 103 Å². The highest BCUT2D eigenvalue weighted by Crippen LogP contribution is 2.59. The van der Waals surface area contributed by atoms with Gasteiger partial charge in [-0.05, 0) is 74.8 Å². The van der Waals surface area contributed by atoms with Gasteiger partial charge in [-0.15, -0.1) is 0 Å². The molecule has 1 aliphatic carbocycles. The first kappa shape index (κ1) is 34.6. The lowest BCUT2D eigenvalue weighted by atomic mass is 9.98. The Hall–Kier alpha value is -4.82. The summed E-state index contributed by atoms with van der Waals surface area (Å²) in [5.41, 5.74) is 0.883. The predicted octanol–water partition coefficient (Wildman–Crippen LogP) is 4.71. The number of benzene rings is 1. The Kier molecular flexibility index (Phi) is 8.86. The van der Waals surface area contributed by atoms with Crippen molar-refractivity contribution in [3.05, 3.63) is 46.8 Å². The zero-order chi connectivity index (χ0) is 36.2. The van der Waals surface area contributed by atoms with Crippen molar-refractivity contribution in [3.63, 3.8) is 0 Å². The third-order valence-corrected chi connectivity index (χ3v) is 10.8. The average Bonchev–Trinajstić information content (AvgIpc) is 3.33. The molecular weight excluding hydrogens is 667 g/mol. The zero-order valence-corrected chi connectivity index (χ0v) is 28.6. The average molecular weight is 708 g/mol. The van der Waals surface area contributed by atoms with Crippen LogP contribution in [0, 0.1) is 12.3 Å². The van der Waals surface area contributed by atoms with Gasteiger partial charge in [-0.3, -0.25) is 28.7 Å². The third-order valence-electron chi connectivity index (χ3n) is 10.8. The first-order valence-electron chi connectivity index (χ1n) is 17.5. The van der Waals surface area contributed by atoms with Gasteiger partial charge < -0.3 is 20.4 Å². The molecule has 2 aromatic heterocycles. The standard InChI is InChI=1S/C36H40F3N7O5/c1-20-11-12-26(36(37,38)39)41-33(20)42-34(51)25-16-35-17-27(35)46(25)30(50)18-45-32-22(8-5-3-4-6-9-28(48)40-19-35)14-23(44-13-7-10-29(44)49)15-24(32)31(43-45)21(2)47/h11-12,14-15,25,27H,3-10,13,16-19H2,1-2H3,(H,40,48)(H,41,42,51)/t25-,27+,35-/m0/s1. The number of carbonyl (C=O) groups excluding carboxylic acids is 5. The molecule has 3 atom stereocenters. The van der Waals surface area contributed by atoms with E-state index in [2.05, 4.69) is 20.7 Å². The zero-order valence-electron chi connectivity index (χ0n) is 28.6. The summed E-state index contributed by atoms with van der Waals surface area (Å²) in [7, 11) is 0. The molecular formula is C36H40F3N7O5. The summed E-state index contributed by atoms with van der Waals surface area (Å²) < 4.78 is 41.9. The molecule has 270 valence electrons. The Bertz CT molecular complexity index is 1960. The number of alkyl halides is 3. The summed E-state index contributed by atoms with van der Waals surface area (Å²) in [5.74, 6) is -1.80. The highest BCUT2D eigenvalue weighted by Gasteiger charge is 2.67. The lowest BCUT2D eigenvalue weighted by Gasteiger charge is -2.27. The molecule has 3 aromatic rings. The van der Waals surface area contributed by atoms with Crippen LogP contribution in [0.2, 0.25) is 0 Å². The second kappa shape index (κ2) is 13.1. The summed E-state index contributed by atoms with van der Waals surface area (Å²) >= 11 is 0. The normalized spacial score (nSPS) is 24.4. The van der Waals surface area contributed by atoms with Crippen molar-refractivity contribution in [1.82, 2.24) is 25.0 Å². The van der Waals surface area contributed by atoms with E-state index >= 15 is 0 Å². The van der Waals surface area contributed by atoms with Gasteiger partial charge in [0.15, 0.2) is 5.78 Å². The van der Waals surface area contributed by atoms with Crippen LogP contribution in [0.1, 0.15) is 92.0 Å². The topological polar surface area (TPSA) is 147 Å². The van der Waals surface area contributed by atoms with Gasteiger partial charge in [-0.2, -0.15) is 18.3 Å². The van der Waals surface area contributed by atoms with E-state index < -0.39 is 41.2 Å². The third kappa shape index (κ3) is 6.58. The van der Waals surface area contributed by atoms with Crippen LogP contribution in [0.25, 0.3) is 10.9 Å². The molecule has 1 aromatic carbocycles. The van der Waals surface area contributed by atoms with Crippen LogP contribution in [-0.2, 0) is 38.3 Å². The van der Waals surface area contributed by atoms with E-state index in [-0.39, 0.29) is 48.6 Å². The molecule has 4 amide bonds. The van der Waals surface area contributed by atoms with Crippen LogP contribution in [0.3, 0.4) is 0 Å². The lowest BCUT2D eigenvalue weighted by Crippen LogP contribution is -2.47. The number of aryl methyl sites for hydroxylation is 2. The van der Waals surface area contributed by atoms with Gasteiger partial charge in [0.2, 0.25) is 23.6 Å². The van der Waals surface area contributed by atoms with Crippen LogP contribution in [0.4, 0.5) is 24.7 Å². The van der Waals surface area contributed by atoms with Gasteiger partial charge >= 0.3 is 6.18 Å². The Morgan fingerprint density at radius 2 is 1.75 bits per heavy atom. The molecule has 3 aliphatic heterocycles. The molecule has 12 nitrogen and oxygen atoms in total. The maximum atomic E-state index is 14.4. The number of aromatic nitrogens is 3. The lowest BCUT2D eigenvalue weighted by molar-refractivity contribution is -0.141. The second-order valence-corrected chi connectivity index (χ2v) is 14.4. The summed E-state index contributed by atoms with van der Waals surface area (Å²) in [4.78, 5) is 73.6. The molecule has 15 heteroatoms. The molecule has 1 saturated carbocycles. The van der Waals surface area contributed by atoms with Crippen LogP contribution in [0.15, 0.2) is 24.3 Å². The number of ketones is 1. The van der Waals surface area contributed by atoms with E-state index in [1.54, 1.807) is 11.0 Å². The number of carbonyl (C=O) groups is 5. The summed E-state index contributed by atoms with van der Waals surface area (Å²) in [5, 5.41) is 10.7. The van der Waals surface area contributed by atoms with Gasteiger partial charge in [0, 0.05) is 55.4 Å². The number of hydrogen-bond acceptors (Lipinski definition) is 7. The van der Waals surface area contributed by atoms with Crippen LogP contribution in [0.5, 0.6) is 0 Å². The first-order valence-corrected chi connectivity index (χ1v) is 17.5. The number of pyridine rings is 1. The van der Waals surface area contributed by atoms with Gasteiger partial charge in [0.25, 0.3) is 0 Å². The van der Waals surface area contributed by atoms with E-state index in [1.807, 2.05) is 6.07 Å². The number of rotatable bonds is 4. The van der Waals surface area contributed by atoms with Crippen molar-refractivity contribution in [3.8, 4) is 0 Å². The van der Waals surface area contributed by atoms with Crippen molar-refractivity contribution in [2.24, 2.45) is 5.41 Å². The fraction of sp³-hybridized carbons (Fsp3) is 0.528. The van der Waals surface area contributed by atoms with Crippen molar-refractivity contribution in [1.29, 1.82) is 0 Å². The molecule has 7 rings (SSSR count). The van der Waals surface area contributed by atoms with E-state index in [0.29, 0.717) is 60.8 Å². The van der Waals surface area contributed by atoms with E-state index in [9.17, 15) is 37.1 Å². The van der Waals surface area contributed by atoms with Crippen LogP contribution >= 0.6 is 0 Å². The van der Waals surface area contributed by atoms with Crippen molar-refractivity contribution >= 4 is 51.8 Å². The molecule has 3 fully saturated rings. The van der Waals surface area contributed by atoms with Gasteiger partial charge in [0.1, 0.15) is 29.8 Å². The second-order valence-electron chi connectivity index (χ2n) is 14.4. The van der Waals surface area contributed by atoms with E-state index in [1.165, 1.54) is 29.5 Å². The largest absolute Gasteiger partial charge is 0.433 e. The van der Waals surface area contributed by atoms with E-state index in [4.69, 9.17) is 0 Å². The molecule has 4 aliphatic rings. The van der Waals surface area contributed by atoms with Gasteiger partial charge in [0.05, 0.1) is 5.52 Å². The predicted molar refractivity (Wildman–Crippen MR) is 180 cm³/mol. The Labute approximate surface area is 292 Å². The van der Waals surface area contributed by atoms with Crippen LogP contribution < -0.4 is 15.5 Å². The minimum Gasteiger partial charge on any atom is -0.355 e. The van der Waals surface area contributed by atoms with Crippen molar-refractivity contribution < 1.29 is 37.1 Å². The molecule has 51 heavy (non-hydrogen) atoms. The molecule has 0 spiro atoms. The van der Waals surface area contributed by atoms with Gasteiger partial charge in [-0.1, -0.05) is 18.9 Å². The van der Waals surface area contributed by atoms with Crippen LogP contribution in [-0.4, -0.2) is 74.2 Å². The minimum absolute atomic E-state index is 0.00200. The molecule has 0 unspecified atom stereocenters. The van der Waals surface area contributed by atoms with Crippen molar-refractivity contribution in [2.75, 3.05) is 23.3 Å². The number of anilines is 2. The monoisotopic (exact) mass is 707 g/mol. The highest BCUT2D eigenvalue weighted by molar-refractivity contribution is 6.08. The first-order chi connectivity index (χ1) is 24.3. The molecule has 0 radical (unpaired) electrons. The summed E-state index contributed by atoms with van der Waals surface area (Å²) in [6, 6.07) is 4.34. The summed E-state index contributed by atoms with van der Waals surface area (Å²) in [6.07, 6.45) is 1.23. The fourth-order valence-electron chi connectivity index (χ4n) is 8.04. The SMILES string of the molecule is CC(=O)c1nn2c3c(cc(N4CCCC4=O)cc13)CCCCCCC(=O)NC[C@@]13C[C@@H](C(=O)Nc4nc(C(F)(F)F)ccc4C)N(C(=O)C2)[C@@H]1C3. The Balaban J connectivity index is 1.27. The molecule has 2 N–H and O–H groups in total. The fourth-order valence-corrected chi connectivity index (χ4v) is 8.04. The highest BCUT2D eigenvalue weighted by atomic mass is 19.4. The minimum atomic E-state index is -4.72.